The van der Waals surface area contributed by atoms with E-state index in [2.05, 4.69) is 0 Å². The third-order valence-corrected chi connectivity index (χ3v) is 3.16. The minimum atomic E-state index is -0.414. The lowest BCUT2D eigenvalue weighted by molar-refractivity contribution is 0.171. The normalized spacial score (nSPS) is 13.6. The zero-order chi connectivity index (χ0) is 14.7. The van der Waals surface area contributed by atoms with Gasteiger partial charge >= 0.3 is 0 Å². The summed E-state index contributed by atoms with van der Waals surface area (Å²) in [5, 5.41) is 9.26. The fourth-order valence-corrected chi connectivity index (χ4v) is 2.17. The smallest absolute Gasteiger partial charge is 0.161 e. The first-order valence-corrected chi connectivity index (χ1v) is 6.54. The molecule has 0 N–H and O–H groups in total. The Bertz CT molecular complexity index is 747. The number of allylic oxidation sites excluding steroid dienone is 1. The van der Waals surface area contributed by atoms with Crippen LogP contribution < -0.4 is 9.47 Å². The molecule has 21 heavy (non-hydrogen) atoms. The number of benzene rings is 2. The van der Waals surface area contributed by atoms with Crippen molar-refractivity contribution < 1.29 is 13.9 Å². The number of rotatable bonds is 2. The molecule has 0 bridgehead atoms. The molecule has 0 unspecified atom stereocenters. The van der Waals surface area contributed by atoms with E-state index in [1.807, 2.05) is 12.1 Å². The zero-order valence-corrected chi connectivity index (χ0v) is 11.2. The summed E-state index contributed by atoms with van der Waals surface area (Å²) < 4.78 is 24.7. The van der Waals surface area contributed by atoms with Crippen LogP contribution in [0.4, 0.5) is 4.39 Å². The molecule has 2 aromatic carbocycles. The molecule has 0 radical (unpaired) electrons. The molecule has 0 amide bonds. The highest BCUT2D eigenvalue weighted by Gasteiger charge is 2.12. The fraction of sp³-hybridized carbons (Fsp3) is 0.118. The first kappa shape index (κ1) is 13.2. The molecule has 0 spiro atoms. The highest BCUT2D eigenvalue weighted by Crippen LogP contribution is 2.32. The highest BCUT2D eigenvalue weighted by molar-refractivity contribution is 5.90. The molecule has 3 nitrogen and oxygen atoms in total. The maximum Gasteiger partial charge on any atom is 0.161 e. The van der Waals surface area contributed by atoms with Crippen LogP contribution >= 0.6 is 0 Å². The molecule has 0 saturated carbocycles. The molecule has 0 fully saturated rings. The molecule has 0 atom stereocenters. The predicted molar refractivity (Wildman–Crippen MR) is 77.3 cm³/mol. The summed E-state index contributed by atoms with van der Waals surface area (Å²) in [4.78, 5) is 0. The van der Waals surface area contributed by atoms with Crippen LogP contribution in [0.1, 0.15) is 11.1 Å². The van der Waals surface area contributed by atoms with Gasteiger partial charge in [0, 0.05) is 5.56 Å². The molecule has 1 aliphatic heterocycles. The number of hydrogen-bond acceptors (Lipinski definition) is 3. The summed E-state index contributed by atoms with van der Waals surface area (Å²) >= 11 is 0. The first-order chi connectivity index (χ1) is 10.3. The lowest BCUT2D eigenvalue weighted by Gasteiger charge is -2.18. The quantitative estimate of drug-likeness (QED) is 0.623. The van der Waals surface area contributed by atoms with Crippen LogP contribution in [0.3, 0.4) is 0 Å². The SMILES string of the molecule is N#CC(=Cc1ccc2c(c1)OCCO2)c1ccccc1F. The Labute approximate surface area is 121 Å². The van der Waals surface area contributed by atoms with E-state index in [9.17, 15) is 9.65 Å². The second kappa shape index (κ2) is 5.68. The molecule has 4 heteroatoms. The van der Waals surface area contributed by atoms with E-state index in [-0.39, 0.29) is 11.1 Å². The van der Waals surface area contributed by atoms with Gasteiger partial charge in [-0.15, -0.1) is 0 Å². The lowest BCUT2D eigenvalue weighted by atomic mass is 10.0. The average Bonchev–Trinajstić information content (AvgIpc) is 2.53. The standard InChI is InChI=1S/C17H12FNO2/c18-15-4-2-1-3-14(15)13(11-19)9-12-5-6-16-17(10-12)21-8-7-20-16/h1-6,9-10H,7-8H2. The van der Waals surface area contributed by atoms with Crippen molar-refractivity contribution in [3.8, 4) is 17.6 Å². The molecule has 1 heterocycles. The number of fused-ring (bicyclic) bond motifs is 1. The minimum Gasteiger partial charge on any atom is -0.486 e. The number of nitriles is 1. The van der Waals surface area contributed by atoms with Crippen LogP contribution in [-0.2, 0) is 0 Å². The van der Waals surface area contributed by atoms with Crippen molar-refractivity contribution in [1.29, 1.82) is 5.26 Å². The monoisotopic (exact) mass is 281 g/mol. The maximum absolute atomic E-state index is 13.8. The summed E-state index contributed by atoms with van der Waals surface area (Å²) in [6.07, 6.45) is 1.64. The van der Waals surface area contributed by atoms with Gasteiger partial charge in [-0.1, -0.05) is 24.3 Å². The molecule has 3 rings (SSSR count). The Kier molecular flexibility index (Phi) is 3.57. The van der Waals surface area contributed by atoms with Crippen LogP contribution in [0.5, 0.6) is 11.5 Å². The predicted octanol–water partition coefficient (Wildman–Crippen LogP) is 3.66. The second-order valence-electron chi connectivity index (χ2n) is 4.55. The summed E-state index contributed by atoms with van der Waals surface area (Å²) in [6, 6.07) is 13.6. The van der Waals surface area contributed by atoms with Crippen molar-refractivity contribution in [3.05, 3.63) is 59.4 Å². The molecule has 0 aliphatic carbocycles. The Balaban J connectivity index is 2.00. The molecule has 1 aliphatic rings. The van der Waals surface area contributed by atoms with E-state index >= 15 is 0 Å². The zero-order valence-electron chi connectivity index (χ0n) is 11.2. The number of halogens is 1. The summed E-state index contributed by atoms with van der Waals surface area (Å²) in [6.45, 7) is 1.03. The van der Waals surface area contributed by atoms with Crippen molar-refractivity contribution >= 4 is 11.6 Å². The van der Waals surface area contributed by atoms with Crippen LogP contribution in [0, 0.1) is 17.1 Å². The molecule has 0 aromatic heterocycles. The van der Waals surface area contributed by atoms with Crippen molar-refractivity contribution in [3.63, 3.8) is 0 Å². The Morgan fingerprint density at radius 1 is 1.10 bits per heavy atom. The van der Waals surface area contributed by atoms with E-state index in [4.69, 9.17) is 9.47 Å². The first-order valence-electron chi connectivity index (χ1n) is 6.54. The Hall–Kier alpha value is -2.80. The van der Waals surface area contributed by atoms with Crippen molar-refractivity contribution in [1.82, 2.24) is 0 Å². The van der Waals surface area contributed by atoms with Crippen LogP contribution in [0.2, 0.25) is 0 Å². The topological polar surface area (TPSA) is 42.2 Å². The van der Waals surface area contributed by atoms with Crippen LogP contribution in [0.25, 0.3) is 11.6 Å². The largest absolute Gasteiger partial charge is 0.486 e. The summed E-state index contributed by atoms with van der Waals surface area (Å²) in [5.74, 6) is 0.909. The van der Waals surface area contributed by atoms with E-state index in [0.29, 0.717) is 24.7 Å². The second-order valence-corrected chi connectivity index (χ2v) is 4.55. The van der Waals surface area contributed by atoms with E-state index < -0.39 is 5.82 Å². The Morgan fingerprint density at radius 2 is 1.86 bits per heavy atom. The number of ether oxygens (including phenoxy) is 2. The van der Waals surface area contributed by atoms with Crippen molar-refractivity contribution in [2.24, 2.45) is 0 Å². The summed E-state index contributed by atoms with van der Waals surface area (Å²) in [7, 11) is 0. The maximum atomic E-state index is 13.8. The van der Waals surface area contributed by atoms with Gasteiger partial charge in [-0.25, -0.2) is 4.39 Å². The van der Waals surface area contributed by atoms with Gasteiger partial charge in [0.05, 0.1) is 11.6 Å². The van der Waals surface area contributed by atoms with E-state index in [1.54, 1.807) is 36.4 Å². The van der Waals surface area contributed by atoms with E-state index in [1.165, 1.54) is 6.07 Å². The number of nitrogens with zero attached hydrogens (tertiary/aromatic N) is 1. The van der Waals surface area contributed by atoms with Gasteiger partial charge in [0.25, 0.3) is 0 Å². The fourth-order valence-electron chi connectivity index (χ4n) is 2.17. The van der Waals surface area contributed by atoms with Gasteiger partial charge in [0.2, 0.25) is 0 Å². The molecule has 2 aromatic rings. The van der Waals surface area contributed by atoms with E-state index in [0.717, 1.165) is 5.56 Å². The van der Waals surface area contributed by atoms with Crippen LogP contribution in [0.15, 0.2) is 42.5 Å². The summed E-state index contributed by atoms with van der Waals surface area (Å²) in [5.41, 5.74) is 1.32. The van der Waals surface area contributed by atoms with Gasteiger partial charge in [-0.2, -0.15) is 5.26 Å². The van der Waals surface area contributed by atoms with Gasteiger partial charge in [0.15, 0.2) is 11.5 Å². The van der Waals surface area contributed by atoms with Crippen LogP contribution in [-0.4, -0.2) is 13.2 Å². The third-order valence-electron chi connectivity index (χ3n) is 3.16. The third kappa shape index (κ3) is 2.72. The number of hydrogen-bond donors (Lipinski definition) is 0. The van der Waals surface area contributed by atoms with Crippen molar-refractivity contribution in [2.75, 3.05) is 13.2 Å². The molecular formula is C17H12FNO2. The Morgan fingerprint density at radius 3 is 2.62 bits per heavy atom. The van der Waals surface area contributed by atoms with Gasteiger partial charge in [-0.3, -0.25) is 0 Å². The van der Waals surface area contributed by atoms with Crippen molar-refractivity contribution in [2.45, 2.75) is 0 Å². The minimum absolute atomic E-state index is 0.268. The van der Waals surface area contributed by atoms with Gasteiger partial charge in [-0.05, 0) is 29.8 Å². The average molecular weight is 281 g/mol. The molecule has 0 saturated heterocycles. The van der Waals surface area contributed by atoms with Gasteiger partial charge in [0.1, 0.15) is 19.0 Å². The van der Waals surface area contributed by atoms with Gasteiger partial charge < -0.3 is 9.47 Å². The highest BCUT2D eigenvalue weighted by atomic mass is 19.1. The lowest BCUT2D eigenvalue weighted by Crippen LogP contribution is -2.15. The molecular weight excluding hydrogens is 269 g/mol. The molecule has 104 valence electrons.